The maximum Gasteiger partial charge on any atom is 0.229 e. The molecule has 1 unspecified atom stereocenters. The number of ketones is 3. The smallest absolute Gasteiger partial charge is 0.229 e. The van der Waals surface area contributed by atoms with Crippen molar-refractivity contribution in [3.8, 4) is 5.75 Å². The molecule has 0 radical (unpaired) electrons. The van der Waals surface area contributed by atoms with Crippen LogP contribution in [-0.4, -0.2) is 24.5 Å². The Morgan fingerprint density at radius 3 is 2.38 bits per heavy atom. The number of benzene rings is 1. The molecule has 1 aromatic rings. The number of methoxy groups -OCH3 is 1. The van der Waals surface area contributed by atoms with E-state index in [2.05, 4.69) is 0 Å². The van der Waals surface area contributed by atoms with Crippen LogP contribution in [0.1, 0.15) is 49.2 Å². The maximum absolute atomic E-state index is 12.9. The molecule has 126 valence electrons. The predicted molar refractivity (Wildman–Crippen MR) is 90.5 cm³/mol. The van der Waals surface area contributed by atoms with Crippen molar-refractivity contribution in [3.63, 3.8) is 0 Å². The summed E-state index contributed by atoms with van der Waals surface area (Å²) in [6.45, 7) is 7.40. The van der Waals surface area contributed by atoms with Gasteiger partial charge < -0.3 is 4.74 Å². The van der Waals surface area contributed by atoms with Crippen molar-refractivity contribution in [2.75, 3.05) is 7.11 Å². The molecule has 3 rings (SSSR count). The number of ether oxygens (including phenoxy) is 1. The molecule has 24 heavy (non-hydrogen) atoms. The van der Waals surface area contributed by atoms with Gasteiger partial charge in [-0.25, -0.2) is 0 Å². The molecular weight excluding hydrogens is 304 g/mol. The van der Waals surface area contributed by atoms with Gasteiger partial charge in [0.05, 0.1) is 13.0 Å². The van der Waals surface area contributed by atoms with Gasteiger partial charge in [-0.05, 0) is 35.8 Å². The molecule has 0 bridgehead atoms. The Morgan fingerprint density at radius 2 is 1.79 bits per heavy atom. The monoisotopic (exact) mass is 326 g/mol. The molecule has 4 heteroatoms. The van der Waals surface area contributed by atoms with E-state index in [1.807, 2.05) is 19.9 Å². The Bertz CT molecular complexity index is 800. The number of carbonyl (C=O) groups excluding carboxylic acids is 3. The minimum Gasteiger partial charge on any atom is -0.496 e. The van der Waals surface area contributed by atoms with Crippen molar-refractivity contribution >= 4 is 17.3 Å². The van der Waals surface area contributed by atoms with Crippen molar-refractivity contribution < 1.29 is 19.1 Å². The molecule has 0 saturated carbocycles. The predicted octanol–water partition coefficient (Wildman–Crippen LogP) is 3.06. The lowest BCUT2D eigenvalue weighted by atomic mass is 9.51. The normalized spacial score (nSPS) is 27.7. The summed E-state index contributed by atoms with van der Waals surface area (Å²) in [6, 6.07) is 3.63. The SMILES string of the molecule is CCc1cc2c(cc1OC)[C@@]1(C)C=CC(=O)C(C)(C)C1C(=O)C2=O. The van der Waals surface area contributed by atoms with E-state index in [9.17, 15) is 14.4 Å². The van der Waals surface area contributed by atoms with Gasteiger partial charge >= 0.3 is 0 Å². The fraction of sp³-hybridized carbons (Fsp3) is 0.450. The molecule has 0 N–H and O–H groups in total. The summed E-state index contributed by atoms with van der Waals surface area (Å²) in [4.78, 5) is 38.0. The number of rotatable bonds is 2. The highest BCUT2D eigenvalue weighted by molar-refractivity contribution is 6.46. The van der Waals surface area contributed by atoms with E-state index in [0.29, 0.717) is 17.7 Å². The van der Waals surface area contributed by atoms with Gasteiger partial charge in [0.1, 0.15) is 5.75 Å². The minimum absolute atomic E-state index is 0.119. The lowest BCUT2D eigenvalue weighted by Crippen LogP contribution is -2.56. The van der Waals surface area contributed by atoms with Crippen LogP contribution in [0, 0.1) is 11.3 Å². The molecule has 2 aliphatic carbocycles. The summed E-state index contributed by atoms with van der Waals surface area (Å²) in [6.07, 6.45) is 4.03. The second kappa shape index (κ2) is 5.13. The van der Waals surface area contributed by atoms with Crippen LogP contribution < -0.4 is 4.74 Å². The van der Waals surface area contributed by atoms with Crippen LogP contribution in [0.3, 0.4) is 0 Å². The highest BCUT2D eigenvalue weighted by Gasteiger charge is 2.58. The number of Topliss-reactive ketones (excluding diaryl/α,β-unsaturated/α-hetero) is 2. The third-order valence-corrected chi connectivity index (χ3v) is 5.65. The zero-order chi connectivity index (χ0) is 17.9. The molecule has 0 aliphatic heterocycles. The summed E-state index contributed by atoms with van der Waals surface area (Å²) in [5.41, 5.74) is 0.491. The summed E-state index contributed by atoms with van der Waals surface area (Å²) in [7, 11) is 1.60. The summed E-state index contributed by atoms with van der Waals surface area (Å²) in [5.74, 6) is -1.08. The van der Waals surface area contributed by atoms with E-state index in [1.165, 1.54) is 0 Å². The highest BCUT2D eigenvalue weighted by atomic mass is 16.5. The van der Waals surface area contributed by atoms with E-state index in [-0.39, 0.29) is 5.78 Å². The first-order valence-electron chi connectivity index (χ1n) is 8.22. The van der Waals surface area contributed by atoms with Crippen LogP contribution in [0.15, 0.2) is 24.3 Å². The van der Waals surface area contributed by atoms with Gasteiger partial charge in [0.2, 0.25) is 11.6 Å². The first-order valence-corrected chi connectivity index (χ1v) is 8.22. The van der Waals surface area contributed by atoms with E-state index >= 15 is 0 Å². The molecule has 1 aromatic carbocycles. The highest BCUT2D eigenvalue weighted by Crippen LogP contribution is 2.52. The number of carbonyl (C=O) groups is 3. The van der Waals surface area contributed by atoms with E-state index < -0.39 is 28.3 Å². The topological polar surface area (TPSA) is 60.4 Å². The second-order valence-electron chi connectivity index (χ2n) is 7.39. The second-order valence-corrected chi connectivity index (χ2v) is 7.39. The van der Waals surface area contributed by atoms with Crippen molar-refractivity contribution in [2.45, 2.75) is 39.5 Å². The molecular formula is C20H22O4. The average Bonchev–Trinajstić information content (AvgIpc) is 2.55. The first kappa shape index (κ1) is 16.6. The zero-order valence-electron chi connectivity index (χ0n) is 14.7. The zero-order valence-corrected chi connectivity index (χ0v) is 14.7. The van der Waals surface area contributed by atoms with Crippen LogP contribution >= 0.6 is 0 Å². The third kappa shape index (κ3) is 1.95. The van der Waals surface area contributed by atoms with E-state index in [0.717, 1.165) is 11.1 Å². The molecule has 0 spiro atoms. The summed E-state index contributed by atoms with van der Waals surface area (Å²) in [5, 5.41) is 0. The van der Waals surface area contributed by atoms with Gasteiger partial charge in [0, 0.05) is 16.4 Å². The van der Waals surface area contributed by atoms with Crippen LogP contribution in [0.2, 0.25) is 0 Å². The van der Waals surface area contributed by atoms with Gasteiger partial charge in [-0.3, -0.25) is 14.4 Å². The van der Waals surface area contributed by atoms with E-state index in [1.54, 1.807) is 39.2 Å². The van der Waals surface area contributed by atoms with Crippen molar-refractivity contribution in [2.24, 2.45) is 11.3 Å². The maximum atomic E-state index is 12.9. The third-order valence-electron chi connectivity index (χ3n) is 5.65. The minimum atomic E-state index is -0.912. The van der Waals surface area contributed by atoms with Crippen molar-refractivity contribution in [1.29, 1.82) is 0 Å². The number of aryl methyl sites for hydroxylation is 1. The molecule has 0 fully saturated rings. The number of hydrogen-bond acceptors (Lipinski definition) is 4. The van der Waals surface area contributed by atoms with E-state index in [4.69, 9.17) is 4.74 Å². The fourth-order valence-electron chi connectivity index (χ4n) is 4.29. The summed E-state index contributed by atoms with van der Waals surface area (Å²) < 4.78 is 5.47. The van der Waals surface area contributed by atoms with Gasteiger partial charge in [-0.1, -0.05) is 33.8 Å². The fourth-order valence-corrected chi connectivity index (χ4v) is 4.29. The molecule has 0 aromatic heterocycles. The number of allylic oxidation sites excluding steroid dienone is 2. The number of fused-ring (bicyclic) bond motifs is 3. The largest absolute Gasteiger partial charge is 0.496 e. The molecule has 4 nitrogen and oxygen atoms in total. The average molecular weight is 326 g/mol. The lowest BCUT2D eigenvalue weighted by molar-refractivity contribution is -0.136. The van der Waals surface area contributed by atoms with Crippen LogP contribution in [0.4, 0.5) is 0 Å². The lowest BCUT2D eigenvalue weighted by Gasteiger charge is -2.48. The van der Waals surface area contributed by atoms with Gasteiger partial charge in [-0.15, -0.1) is 0 Å². The van der Waals surface area contributed by atoms with Gasteiger partial charge in [0.25, 0.3) is 0 Å². The quantitative estimate of drug-likeness (QED) is 0.784. The van der Waals surface area contributed by atoms with Crippen LogP contribution in [0.25, 0.3) is 0 Å². The van der Waals surface area contributed by atoms with Crippen LogP contribution in [0.5, 0.6) is 5.75 Å². The first-order chi connectivity index (χ1) is 11.2. The Hall–Kier alpha value is -2.23. The van der Waals surface area contributed by atoms with Gasteiger partial charge in [-0.2, -0.15) is 0 Å². The Kier molecular flexibility index (Phi) is 3.55. The molecule has 0 heterocycles. The Morgan fingerprint density at radius 1 is 1.12 bits per heavy atom. The standard InChI is InChI=1S/C20H22O4/c1-6-11-9-12-13(10-14(11)24-5)20(4)8-7-15(21)19(2,3)18(20)17(23)16(12)22/h7-10,18H,6H2,1-5H3/t18?,20-/m1/s1. The Labute approximate surface area is 141 Å². The number of hydrogen-bond donors (Lipinski definition) is 0. The molecule has 0 saturated heterocycles. The molecule has 2 aliphatic rings. The Balaban J connectivity index is 2.36. The molecule has 0 amide bonds. The van der Waals surface area contributed by atoms with Gasteiger partial charge in [0.15, 0.2) is 5.78 Å². The summed E-state index contributed by atoms with van der Waals surface area (Å²) >= 11 is 0. The molecule has 2 atom stereocenters. The van der Waals surface area contributed by atoms with Crippen molar-refractivity contribution in [1.82, 2.24) is 0 Å². The van der Waals surface area contributed by atoms with Crippen molar-refractivity contribution in [3.05, 3.63) is 41.0 Å². The van der Waals surface area contributed by atoms with Crippen LogP contribution in [-0.2, 0) is 21.4 Å².